The van der Waals surface area contributed by atoms with Crippen molar-refractivity contribution >= 4 is 5.69 Å². The quantitative estimate of drug-likeness (QED) is 0.735. The summed E-state index contributed by atoms with van der Waals surface area (Å²) >= 11 is 0. The summed E-state index contributed by atoms with van der Waals surface area (Å²) in [6, 6.07) is 8.96. The first-order valence-electron chi connectivity index (χ1n) is 5.63. The Labute approximate surface area is 101 Å². The van der Waals surface area contributed by atoms with Gasteiger partial charge in [-0.05, 0) is 66.8 Å². The molecule has 0 aliphatic rings. The Hall–Kier alpha value is -1.83. The van der Waals surface area contributed by atoms with Crippen molar-refractivity contribution in [2.45, 2.75) is 20.8 Å². The summed E-state index contributed by atoms with van der Waals surface area (Å²) in [5, 5.41) is 0. The average molecular weight is 229 g/mol. The van der Waals surface area contributed by atoms with E-state index in [1.165, 1.54) is 0 Å². The molecular weight excluding hydrogens is 213 g/mol. The fourth-order valence-electron chi connectivity index (χ4n) is 2.26. The minimum Gasteiger partial charge on any atom is -0.398 e. The molecule has 17 heavy (non-hydrogen) atoms. The van der Waals surface area contributed by atoms with Gasteiger partial charge in [0.2, 0.25) is 0 Å². The first-order chi connectivity index (χ1) is 8.00. The first-order valence-corrected chi connectivity index (χ1v) is 5.63. The number of aryl methyl sites for hydroxylation is 2. The third-order valence-corrected chi connectivity index (χ3v) is 3.14. The van der Waals surface area contributed by atoms with Crippen molar-refractivity contribution in [1.29, 1.82) is 0 Å². The van der Waals surface area contributed by atoms with Crippen LogP contribution >= 0.6 is 0 Å². The predicted molar refractivity (Wildman–Crippen MR) is 70.5 cm³/mol. The minimum atomic E-state index is -0.190. The SMILES string of the molecule is Cc1cc(F)cc(C)c1-c1cccc(N)c1C. The molecule has 0 radical (unpaired) electrons. The Kier molecular flexibility index (Phi) is 2.88. The van der Waals surface area contributed by atoms with Gasteiger partial charge in [-0.3, -0.25) is 0 Å². The third kappa shape index (κ3) is 2.03. The molecule has 0 saturated carbocycles. The molecule has 0 heterocycles. The second-order valence-electron chi connectivity index (χ2n) is 4.43. The van der Waals surface area contributed by atoms with Crippen molar-refractivity contribution in [3.05, 3.63) is 52.8 Å². The molecule has 2 heteroatoms. The zero-order valence-corrected chi connectivity index (χ0v) is 10.3. The number of halogens is 1. The highest BCUT2D eigenvalue weighted by atomic mass is 19.1. The van der Waals surface area contributed by atoms with Gasteiger partial charge in [0, 0.05) is 5.69 Å². The van der Waals surface area contributed by atoms with Gasteiger partial charge in [-0.2, -0.15) is 0 Å². The fraction of sp³-hybridized carbons (Fsp3) is 0.200. The minimum absolute atomic E-state index is 0.190. The number of hydrogen-bond donors (Lipinski definition) is 1. The Bertz CT molecular complexity index is 550. The molecule has 1 nitrogen and oxygen atoms in total. The molecule has 0 aliphatic heterocycles. The van der Waals surface area contributed by atoms with Crippen molar-refractivity contribution in [2.75, 3.05) is 5.73 Å². The molecule has 0 spiro atoms. The van der Waals surface area contributed by atoms with Gasteiger partial charge in [-0.1, -0.05) is 12.1 Å². The smallest absolute Gasteiger partial charge is 0.123 e. The molecule has 88 valence electrons. The van der Waals surface area contributed by atoms with Crippen molar-refractivity contribution in [2.24, 2.45) is 0 Å². The van der Waals surface area contributed by atoms with E-state index < -0.39 is 0 Å². The van der Waals surface area contributed by atoms with Gasteiger partial charge in [0.25, 0.3) is 0 Å². The molecular formula is C15H16FN. The molecule has 0 unspecified atom stereocenters. The van der Waals surface area contributed by atoms with Crippen LogP contribution in [0.25, 0.3) is 11.1 Å². The molecule has 0 aliphatic carbocycles. The van der Waals surface area contributed by atoms with Crippen LogP contribution in [0.5, 0.6) is 0 Å². The van der Waals surface area contributed by atoms with E-state index in [4.69, 9.17) is 5.73 Å². The second-order valence-corrected chi connectivity index (χ2v) is 4.43. The lowest BCUT2D eigenvalue weighted by Crippen LogP contribution is -1.96. The molecule has 2 aromatic carbocycles. The van der Waals surface area contributed by atoms with E-state index in [0.29, 0.717) is 0 Å². The Morgan fingerprint density at radius 1 is 1.00 bits per heavy atom. The van der Waals surface area contributed by atoms with Crippen LogP contribution < -0.4 is 5.73 Å². The molecule has 2 rings (SSSR count). The standard InChI is InChI=1S/C15H16FN/c1-9-7-12(16)8-10(2)15(9)13-5-4-6-14(17)11(13)3/h4-8H,17H2,1-3H3. The molecule has 0 bridgehead atoms. The van der Waals surface area contributed by atoms with Crippen molar-refractivity contribution in [3.63, 3.8) is 0 Å². The van der Waals surface area contributed by atoms with Crippen LogP contribution in [0.2, 0.25) is 0 Å². The zero-order valence-electron chi connectivity index (χ0n) is 10.3. The number of nitrogens with two attached hydrogens (primary N) is 1. The highest BCUT2D eigenvalue weighted by molar-refractivity contribution is 5.77. The van der Waals surface area contributed by atoms with E-state index in [2.05, 4.69) is 0 Å². The number of anilines is 1. The number of hydrogen-bond acceptors (Lipinski definition) is 1. The molecule has 0 amide bonds. The van der Waals surface area contributed by atoms with Crippen LogP contribution in [0.15, 0.2) is 30.3 Å². The average Bonchev–Trinajstić information content (AvgIpc) is 2.23. The van der Waals surface area contributed by atoms with Crippen LogP contribution in [-0.4, -0.2) is 0 Å². The van der Waals surface area contributed by atoms with Crippen molar-refractivity contribution in [3.8, 4) is 11.1 Å². The van der Waals surface area contributed by atoms with Crippen LogP contribution in [0, 0.1) is 26.6 Å². The van der Waals surface area contributed by atoms with E-state index in [1.807, 2.05) is 39.0 Å². The van der Waals surface area contributed by atoms with E-state index in [-0.39, 0.29) is 5.82 Å². The zero-order chi connectivity index (χ0) is 12.6. The topological polar surface area (TPSA) is 26.0 Å². The van der Waals surface area contributed by atoms with Gasteiger partial charge < -0.3 is 5.73 Å². The van der Waals surface area contributed by atoms with E-state index in [0.717, 1.165) is 33.5 Å². The van der Waals surface area contributed by atoms with Crippen LogP contribution in [-0.2, 0) is 0 Å². The second kappa shape index (κ2) is 4.21. The number of benzene rings is 2. The van der Waals surface area contributed by atoms with Gasteiger partial charge in [0.05, 0.1) is 0 Å². The number of nitrogen functional groups attached to an aromatic ring is 1. The lowest BCUT2D eigenvalue weighted by atomic mass is 9.92. The molecule has 2 N–H and O–H groups in total. The Balaban J connectivity index is 2.73. The van der Waals surface area contributed by atoms with Crippen molar-refractivity contribution < 1.29 is 4.39 Å². The largest absolute Gasteiger partial charge is 0.398 e. The Morgan fingerprint density at radius 2 is 1.59 bits per heavy atom. The van der Waals surface area contributed by atoms with Gasteiger partial charge in [0.1, 0.15) is 5.82 Å². The van der Waals surface area contributed by atoms with Crippen LogP contribution in [0.3, 0.4) is 0 Å². The maximum atomic E-state index is 13.3. The van der Waals surface area contributed by atoms with Crippen molar-refractivity contribution in [1.82, 2.24) is 0 Å². The van der Waals surface area contributed by atoms with Gasteiger partial charge in [0.15, 0.2) is 0 Å². The summed E-state index contributed by atoms with van der Waals surface area (Å²) in [6.07, 6.45) is 0. The molecule has 2 aromatic rings. The summed E-state index contributed by atoms with van der Waals surface area (Å²) in [5.74, 6) is -0.190. The summed E-state index contributed by atoms with van der Waals surface area (Å²) in [6.45, 7) is 5.84. The lowest BCUT2D eigenvalue weighted by Gasteiger charge is -2.14. The maximum Gasteiger partial charge on any atom is 0.123 e. The molecule has 0 saturated heterocycles. The fourth-order valence-corrected chi connectivity index (χ4v) is 2.26. The Morgan fingerprint density at radius 3 is 2.18 bits per heavy atom. The number of rotatable bonds is 1. The van der Waals surface area contributed by atoms with E-state index in [9.17, 15) is 4.39 Å². The summed E-state index contributed by atoms with van der Waals surface area (Å²) in [5.41, 5.74) is 11.8. The third-order valence-electron chi connectivity index (χ3n) is 3.14. The van der Waals surface area contributed by atoms with E-state index in [1.54, 1.807) is 12.1 Å². The molecule has 0 fully saturated rings. The van der Waals surface area contributed by atoms with Gasteiger partial charge in [-0.25, -0.2) is 4.39 Å². The first kappa shape index (κ1) is 11.6. The summed E-state index contributed by atoms with van der Waals surface area (Å²) < 4.78 is 13.3. The summed E-state index contributed by atoms with van der Waals surface area (Å²) in [7, 11) is 0. The monoisotopic (exact) mass is 229 g/mol. The lowest BCUT2D eigenvalue weighted by molar-refractivity contribution is 0.625. The molecule has 0 aromatic heterocycles. The predicted octanol–water partition coefficient (Wildman–Crippen LogP) is 4.00. The van der Waals surface area contributed by atoms with Crippen LogP contribution in [0.4, 0.5) is 10.1 Å². The maximum absolute atomic E-state index is 13.3. The van der Waals surface area contributed by atoms with Gasteiger partial charge >= 0.3 is 0 Å². The van der Waals surface area contributed by atoms with Gasteiger partial charge in [-0.15, -0.1) is 0 Å². The normalized spacial score (nSPS) is 10.6. The van der Waals surface area contributed by atoms with Crippen LogP contribution in [0.1, 0.15) is 16.7 Å². The van der Waals surface area contributed by atoms with E-state index >= 15 is 0 Å². The molecule has 0 atom stereocenters. The highest BCUT2D eigenvalue weighted by Crippen LogP contribution is 2.32. The summed E-state index contributed by atoms with van der Waals surface area (Å²) in [4.78, 5) is 0. The highest BCUT2D eigenvalue weighted by Gasteiger charge is 2.10.